The molecule has 12 heavy (non-hydrogen) atoms. The highest BCUT2D eigenvalue weighted by Gasteiger charge is 2.56. The highest BCUT2D eigenvalue weighted by Crippen LogP contribution is 2.41. The SMILES string of the molecule is FC1(F)CCCNC12CCOC2. The second-order valence-corrected chi connectivity index (χ2v) is 3.62. The first-order valence-electron chi connectivity index (χ1n) is 4.37. The van der Waals surface area contributed by atoms with E-state index in [1.165, 1.54) is 0 Å². The molecule has 2 fully saturated rings. The average Bonchev–Trinajstić information content (AvgIpc) is 2.46. The lowest BCUT2D eigenvalue weighted by atomic mass is 9.84. The minimum absolute atomic E-state index is 0.00333. The highest BCUT2D eigenvalue weighted by atomic mass is 19.3. The second kappa shape index (κ2) is 2.64. The minimum atomic E-state index is -2.58. The van der Waals surface area contributed by atoms with E-state index in [-0.39, 0.29) is 13.0 Å². The number of piperidine rings is 1. The van der Waals surface area contributed by atoms with E-state index in [0.29, 0.717) is 26.0 Å². The summed E-state index contributed by atoms with van der Waals surface area (Å²) in [6.07, 6.45) is 1.01. The zero-order valence-corrected chi connectivity index (χ0v) is 6.91. The molecule has 0 aromatic carbocycles. The lowest BCUT2D eigenvalue weighted by Crippen LogP contribution is -2.62. The molecule has 0 aromatic rings. The van der Waals surface area contributed by atoms with Crippen molar-refractivity contribution in [2.75, 3.05) is 19.8 Å². The van der Waals surface area contributed by atoms with Crippen LogP contribution in [0.15, 0.2) is 0 Å². The molecule has 1 spiro atoms. The van der Waals surface area contributed by atoms with Crippen molar-refractivity contribution >= 4 is 0 Å². The summed E-state index contributed by atoms with van der Waals surface area (Å²) >= 11 is 0. The Morgan fingerprint density at radius 3 is 2.67 bits per heavy atom. The van der Waals surface area contributed by atoms with Crippen LogP contribution in [0.4, 0.5) is 8.78 Å². The third-order valence-electron chi connectivity index (χ3n) is 2.85. The van der Waals surface area contributed by atoms with Gasteiger partial charge in [-0.3, -0.25) is 0 Å². The molecule has 2 rings (SSSR count). The van der Waals surface area contributed by atoms with Gasteiger partial charge < -0.3 is 10.1 Å². The van der Waals surface area contributed by atoms with Crippen molar-refractivity contribution in [2.24, 2.45) is 0 Å². The van der Waals surface area contributed by atoms with Crippen LogP contribution in [0.1, 0.15) is 19.3 Å². The summed E-state index contributed by atoms with van der Waals surface area (Å²) in [5, 5.41) is 2.91. The van der Waals surface area contributed by atoms with Crippen LogP contribution in [0.5, 0.6) is 0 Å². The number of halogens is 2. The number of hydrogen-bond acceptors (Lipinski definition) is 2. The lowest BCUT2D eigenvalue weighted by Gasteiger charge is -2.40. The molecule has 4 heteroatoms. The van der Waals surface area contributed by atoms with Crippen molar-refractivity contribution in [1.29, 1.82) is 0 Å². The van der Waals surface area contributed by atoms with Crippen LogP contribution < -0.4 is 5.32 Å². The summed E-state index contributed by atoms with van der Waals surface area (Å²) in [5.74, 6) is -2.58. The van der Waals surface area contributed by atoms with E-state index >= 15 is 0 Å². The molecule has 2 aliphatic rings. The van der Waals surface area contributed by atoms with Crippen LogP contribution in [-0.2, 0) is 4.74 Å². The normalized spacial score (nSPS) is 40.5. The fourth-order valence-electron chi connectivity index (χ4n) is 2.00. The van der Waals surface area contributed by atoms with Gasteiger partial charge in [-0.1, -0.05) is 0 Å². The second-order valence-electron chi connectivity index (χ2n) is 3.62. The maximum absolute atomic E-state index is 13.4. The van der Waals surface area contributed by atoms with Crippen LogP contribution in [0.25, 0.3) is 0 Å². The Balaban J connectivity index is 2.19. The molecule has 2 saturated heterocycles. The molecule has 2 aliphatic heterocycles. The molecule has 0 aromatic heterocycles. The number of alkyl halides is 2. The molecule has 0 radical (unpaired) electrons. The van der Waals surface area contributed by atoms with E-state index in [0.717, 1.165) is 0 Å². The van der Waals surface area contributed by atoms with Crippen molar-refractivity contribution in [2.45, 2.75) is 30.7 Å². The van der Waals surface area contributed by atoms with Crippen LogP contribution in [-0.4, -0.2) is 31.2 Å². The van der Waals surface area contributed by atoms with Gasteiger partial charge in [0, 0.05) is 13.0 Å². The maximum atomic E-state index is 13.4. The van der Waals surface area contributed by atoms with E-state index in [1.807, 2.05) is 0 Å². The molecular weight excluding hydrogens is 164 g/mol. The van der Waals surface area contributed by atoms with Gasteiger partial charge in [-0.15, -0.1) is 0 Å². The van der Waals surface area contributed by atoms with E-state index in [9.17, 15) is 8.78 Å². The van der Waals surface area contributed by atoms with Gasteiger partial charge in [0.15, 0.2) is 0 Å². The van der Waals surface area contributed by atoms with E-state index in [2.05, 4.69) is 5.32 Å². The van der Waals surface area contributed by atoms with Crippen LogP contribution in [0.3, 0.4) is 0 Å². The average molecular weight is 177 g/mol. The van der Waals surface area contributed by atoms with Crippen molar-refractivity contribution in [3.63, 3.8) is 0 Å². The first kappa shape index (κ1) is 8.38. The van der Waals surface area contributed by atoms with E-state index in [4.69, 9.17) is 4.74 Å². The molecular formula is C8H13F2NO. The van der Waals surface area contributed by atoms with Gasteiger partial charge in [-0.05, 0) is 19.4 Å². The molecule has 1 atom stereocenters. The fraction of sp³-hybridized carbons (Fsp3) is 1.00. The van der Waals surface area contributed by atoms with Crippen molar-refractivity contribution < 1.29 is 13.5 Å². The molecule has 0 amide bonds. The van der Waals surface area contributed by atoms with Gasteiger partial charge in [-0.2, -0.15) is 0 Å². The molecule has 70 valence electrons. The third-order valence-corrected chi connectivity index (χ3v) is 2.85. The Morgan fingerprint density at radius 1 is 1.25 bits per heavy atom. The Labute approximate surface area is 70.3 Å². The minimum Gasteiger partial charge on any atom is -0.379 e. The van der Waals surface area contributed by atoms with E-state index < -0.39 is 11.5 Å². The first-order valence-corrected chi connectivity index (χ1v) is 4.37. The van der Waals surface area contributed by atoms with Crippen LogP contribution in [0, 0.1) is 0 Å². The zero-order valence-electron chi connectivity index (χ0n) is 6.91. The monoisotopic (exact) mass is 177 g/mol. The molecule has 0 bridgehead atoms. The largest absolute Gasteiger partial charge is 0.379 e. The number of nitrogens with one attached hydrogen (secondary N) is 1. The lowest BCUT2D eigenvalue weighted by molar-refractivity contribution is -0.113. The van der Waals surface area contributed by atoms with E-state index in [1.54, 1.807) is 0 Å². The molecule has 2 heterocycles. The van der Waals surface area contributed by atoms with Gasteiger partial charge in [0.2, 0.25) is 0 Å². The number of ether oxygens (including phenoxy) is 1. The fourth-order valence-corrected chi connectivity index (χ4v) is 2.00. The van der Waals surface area contributed by atoms with Crippen molar-refractivity contribution in [3.05, 3.63) is 0 Å². The van der Waals surface area contributed by atoms with Crippen molar-refractivity contribution in [3.8, 4) is 0 Å². The standard InChI is InChI=1S/C8H13F2NO/c9-8(10)2-1-4-11-7(8)3-5-12-6-7/h11H,1-6H2. The first-order chi connectivity index (χ1) is 5.66. The molecule has 1 N–H and O–H groups in total. The maximum Gasteiger partial charge on any atom is 0.268 e. The van der Waals surface area contributed by atoms with Gasteiger partial charge in [0.25, 0.3) is 5.92 Å². The Bertz CT molecular complexity index is 178. The molecule has 1 unspecified atom stereocenters. The summed E-state index contributed by atoms with van der Waals surface area (Å²) in [6.45, 7) is 1.32. The van der Waals surface area contributed by atoms with Crippen LogP contribution >= 0.6 is 0 Å². The zero-order chi connectivity index (χ0) is 8.66. The van der Waals surface area contributed by atoms with Crippen LogP contribution in [0.2, 0.25) is 0 Å². The topological polar surface area (TPSA) is 21.3 Å². The number of hydrogen-bond donors (Lipinski definition) is 1. The van der Waals surface area contributed by atoms with Crippen molar-refractivity contribution in [1.82, 2.24) is 5.32 Å². The summed E-state index contributed by atoms with van der Waals surface area (Å²) in [5.41, 5.74) is -1.04. The summed E-state index contributed by atoms with van der Waals surface area (Å²) in [4.78, 5) is 0. The van der Waals surface area contributed by atoms with Gasteiger partial charge in [0.05, 0.1) is 6.61 Å². The Morgan fingerprint density at radius 2 is 2.08 bits per heavy atom. The van der Waals surface area contributed by atoms with Gasteiger partial charge in [-0.25, -0.2) is 8.78 Å². The van der Waals surface area contributed by atoms with Gasteiger partial charge >= 0.3 is 0 Å². The smallest absolute Gasteiger partial charge is 0.268 e. The predicted molar refractivity (Wildman–Crippen MR) is 40.4 cm³/mol. The number of rotatable bonds is 0. The summed E-state index contributed by atoms with van der Waals surface area (Å²) in [6, 6.07) is 0. The van der Waals surface area contributed by atoms with Gasteiger partial charge in [0.1, 0.15) is 5.54 Å². The quantitative estimate of drug-likeness (QED) is 0.599. The molecule has 0 saturated carbocycles. The summed E-state index contributed by atoms with van der Waals surface area (Å²) < 4.78 is 31.9. The third kappa shape index (κ3) is 1.05. The summed E-state index contributed by atoms with van der Waals surface area (Å²) in [7, 11) is 0. The predicted octanol–water partition coefficient (Wildman–Crippen LogP) is 1.16. The Hall–Kier alpha value is -0.220. The molecule has 2 nitrogen and oxygen atoms in total. The molecule has 0 aliphatic carbocycles. The Kier molecular flexibility index (Phi) is 1.84. The highest BCUT2D eigenvalue weighted by molar-refractivity contribution is 5.05.